The second-order valence-electron chi connectivity index (χ2n) is 7.07. The van der Waals surface area contributed by atoms with Crippen molar-refractivity contribution in [3.8, 4) is 0 Å². The van der Waals surface area contributed by atoms with Crippen molar-refractivity contribution in [3.63, 3.8) is 0 Å². The second-order valence-corrected chi connectivity index (χ2v) is 7.07. The van der Waals surface area contributed by atoms with Gasteiger partial charge in [-0.3, -0.25) is 14.5 Å². The molecule has 6 heteroatoms. The van der Waals surface area contributed by atoms with Crippen LogP contribution in [-0.4, -0.2) is 53.8 Å². The first-order valence-corrected chi connectivity index (χ1v) is 9.48. The molecule has 1 atom stereocenters. The Kier molecular flexibility index (Phi) is 7.57. The molecular weight excluding hydrogens is 333 g/mol. The third-order valence-electron chi connectivity index (χ3n) is 5.16. The highest BCUT2D eigenvalue weighted by Crippen LogP contribution is 2.23. The van der Waals surface area contributed by atoms with Crippen molar-refractivity contribution in [1.29, 1.82) is 0 Å². The zero-order chi connectivity index (χ0) is 19.1. The third kappa shape index (κ3) is 5.53. The van der Waals surface area contributed by atoms with Crippen LogP contribution in [0, 0.1) is 5.82 Å². The van der Waals surface area contributed by atoms with Crippen LogP contribution < -0.4 is 5.32 Å². The quantitative estimate of drug-likeness (QED) is 0.809. The van der Waals surface area contributed by atoms with E-state index in [0.717, 1.165) is 12.8 Å². The van der Waals surface area contributed by atoms with Gasteiger partial charge in [0.1, 0.15) is 5.82 Å². The summed E-state index contributed by atoms with van der Waals surface area (Å²) in [7, 11) is 1.77. The van der Waals surface area contributed by atoms with Gasteiger partial charge in [-0.05, 0) is 51.9 Å². The molecule has 0 aromatic heterocycles. The molecular formula is C20H30FN3O2. The number of hydrogen-bond donors (Lipinski definition) is 1. The highest BCUT2D eigenvalue weighted by atomic mass is 19.1. The van der Waals surface area contributed by atoms with E-state index in [1.807, 2.05) is 18.7 Å². The monoisotopic (exact) mass is 363 g/mol. The van der Waals surface area contributed by atoms with E-state index in [1.165, 1.54) is 31.4 Å². The number of amides is 2. The number of rotatable bonds is 7. The molecule has 0 heterocycles. The van der Waals surface area contributed by atoms with Gasteiger partial charge < -0.3 is 10.2 Å². The number of nitrogens with one attached hydrogen (secondary N) is 1. The molecule has 144 valence electrons. The summed E-state index contributed by atoms with van der Waals surface area (Å²) in [5, 5.41) is 2.67. The zero-order valence-corrected chi connectivity index (χ0v) is 16.0. The average Bonchev–Trinajstić information content (AvgIpc) is 2.62. The molecule has 1 saturated carbocycles. The summed E-state index contributed by atoms with van der Waals surface area (Å²) in [6.07, 6.45) is 5.73. The lowest BCUT2D eigenvalue weighted by Crippen LogP contribution is -2.51. The summed E-state index contributed by atoms with van der Waals surface area (Å²) in [5.41, 5.74) is 0.416. The van der Waals surface area contributed by atoms with Gasteiger partial charge in [-0.25, -0.2) is 4.39 Å². The minimum absolute atomic E-state index is 0.0699. The molecule has 0 bridgehead atoms. The highest BCUT2D eigenvalue weighted by molar-refractivity contribution is 5.92. The summed E-state index contributed by atoms with van der Waals surface area (Å²) in [6, 6.07) is 5.72. The predicted molar refractivity (Wildman–Crippen MR) is 101 cm³/mol. The lowest BCUT2D eigenvalue weighted by Gasteiger charge is -2.37. The minimum Gasteiger partial charge on any atom is -0.339 e. The Labute approximate surface area is 155 Å². The van der Waals surface area contributed by atoms with Crippen LogP contribution >= 0.6 is 0 Å². The van der Waals surface area contributed by atoms with Crippen LogP contribution in [0.25, 0.3) is 0 Å². The maximum absolute atomic E-state index is 13.2. The Morgan fingerprint density at radius 3 is 2.58 bits per heavy atom. The molecule has 1 N–H and O–H groups in total. The molecule has 1 aliphatic rings. The Morgan fingerprint density at radius 2 is 1.96 bits per heavy atom. The van der Waals surface area contributed by atoms with Gasteiger partial charge in [0.05, 0.1) is 12.6 Å². The summed E-state index contributed by atoms with van der Waals surface area (Å²) in [4.78, 5) is 28.8. The molecule has 5 nitrogen and oxygen atoms in total. The number of carbonyl (C=O) groups is 2. The lowest BCUT2D eigenvalue weighted by atomic mass is 9.93. The molecule has 1 aromatic rings. The molecule has 1 aromatic carbocycles. The summed E-state index contributed by atoms with van der Waals surface area (Å²) in [5.74, 6) is -0.593. The Morgan fingerprint density at radius 1 is 1.27 bits per heavy atom. The number of likely N-dealkylation sites (N-methyl/N-ethyl adjacent to an activating group) is 2. The number of nitrogens with zero attached hydrogens (tertiary/aromatic N) is 2. The van der Waals surface area contributed by atoms with Crippen molar-refractivity contribution in [2.24, 2.45) is 0 Å². The van der Waals surface area contributed by atoms with E-state index in [9.17, 15) is 14.0 Å². The molecule has 26 heavy (non-hydrogen) atoms. The fourth-order valence-electron chi connectivity index (χ4n) is 3.55. The first kappa shape index (κ1) is 20.4. The van der Waals surface area contributed by atoms with Crippen molar-refractivity contribution in [1.82, 2.24) is 9.80 Å². The number of anilines is 1. The van der Waals surface area contributed by atoms with E-state index < -0.39 is 5.82 Å². The smallest absolute Gasteiger partial charge is 0.239 e. The van der Waals surface area contributed by atoms with Crippen LogP contribution in [0.15, 0.2) is 24.3 Å². The van der Waals surface area contributed by atoms with Crippen LogP contribution in [0.1, 0.15) is 46.0 Å². The van der Waals surface area contributed by atoms with E-state index in [2.05, 4.69) is 5.32 Å². The fourth-order valence-corrected chi connectivity index (χ4v) is 3.55. The molecule has 1 fully saturated rings. The van der Waals surface area contributed by atoms with Crippen molar-refractivity contribution in [3.05, 3.63) is 30.1 Å². The first-order chi connectivity index (χ1) is 12.4. The van der Waals surface area contributed by atoms with Crippen molar-refractivity contribution >= 4 is 17.5 Å². The first-order valence-electron chi connectivity index (χ1n) is 9.48. The van der Waals surface area contributed by atoms with Gasteiger partial charge >= 0.3 is 0 Å². The summed E-state index contributed by atoms with van der Waals surface area (Å²) >= 11 is 0. The molecule has 0 aliphatic heterocycles. The molecule has 0 saturated heterocycles. The maximum atomic E-state index is 13.2. The van der Waals surface area contributed by atoms with Gasteiger partial charge in [0.25, 0.3) is 0 Å². The molecule has 0 unspecified atom stereocenters. The normalized spacial score (nSPS) is 16.3. The van der Waals surface area contributed by atoms with Gasteiger partial charge in [0.2, 0.25) is 11.8 Å². The van der Waals surface area contributed by atoms with Gasteiger partial charge in [-0.2, -0.15) is 0 Å². The van der Waals surface area contributed by atoms with Gasteiger partial charge in [-0.1, -0.05) is 25.3 Å². The van der Waals surface area contributed by atoms with Crippen molar-refractivity contribution < 1.29 is 14.0 Å². The Bertz CT molecular complexity index is 617. The van der Waals surface area contributed by atoms with Gasteiger partial charge in [-0.15, -0.1) is 0 Å². The molecule has 2 rings (SSSR count). The van der Waals surface area contributed by atoms with Crippen LogP contribution in [0.3, 0.4) is 0 Å². The zero-order valence-electron chi connectivity index (χ0n) is 16.0. The SMILES string of the molecule is CCN(C(=O)[C@H](C)N(C)CC(=O)Nc1cccc(F)c1)C1CCCCC1. The second kappa shape index (κ2) is 9.67. The summed E-state index contributed by atoms with van der Waals surface area (Å²) in [6.45, 7) is 4.61. The number of halogens is 1. The van der Waals surface area contributed by atoms with E-state index in [1.54, 1.807) is 24.1 Å². The minimum atomic E-state index is -0.397. The van der Waals surface area contributed by atoms with Crippen LogP contribution in [0.2, 0.25) is 0 Å². The standard InChI is InChI=1S/C20H30FN3O2/c1-4-24(18-11-6-5-7-12-18)20(26)15(2)23(3)14-19(25)22-17-10-8-9-16(21)13-17/h8-10,13,15,18H,4-7,11-12,14H2,1-3H3,(H,22,25)/t15-/m0/s1. The van der Waals surface area contributed by atoms with Crippen LogP contribution in [0.5, 0.6) is 0 Å². The van der Waals surface area contributed by atoms with E-state index in [0.29, 0.717) is 18.3 Å². The van der Waals surface area contributed by atoms with Gasteiger partial charge in [0.15, 0.2) is 0 Å². The average molecular weight is 363 g/mol. The topological polar surface area (TPSA) is 52.7 Å². The number of benzene rings is 1. The van der Waals surface area contributed by atoms with Crippen molar-refractivity contribution in [2.75, 3.05) is 25.5 Å². The molecule has 0 radical (unpaired) electrons. The molecule has 0 spiro atoms. The summed E-state index contributed by atoms with van der Waals surface area (Å²) < 4.78 is 13.2. The number of hydrogen-bond acceptors (Lipinski definition) is 3. The number of carbonyl (C=O) groups excluding carboxylic acids is 2. The third-order valence-corrected chi connectivity index (χ3v) is 5.16. The maximum Gasteiger partial charge on any atom is 0.239 e. The largest absolute Gasteiger partial charge is 0.339 e. The predicted octanol–water partition coefficient (Wildman–Crippen LogP) is 3.27. The fraction of sp³-hybridized carbons (Fsp3) is 0.600. The van der Waals surface area contributed by atoms with Crippen LogP contribution in [-0.2, 0) is 9.59 Å². The Balaban J connectivity index is 1.91. The molecule has 1 aliphatic carbocycles. The van der Waals surface area contributed by atoms with E-state index >= 15 is 0 Å². The molecule has 2 amide bonds. The highest BCUT2D eigenvalue weighted by Gasteiger charge is 2.29. The van der Waals surface area contributed by atoms with Crippen molar-refractivity contribution in [2.45, 2.75) is 58.0 Å². The van der Waals surface area contributed by atoms with E-state index in [4.69, 9.17) is 0 Å². The lowest BCUT2D eigenvalue weighted by molar-refractivity contribution is -0.139. The Hall–Kier alpha value is -1.95. The van der Waals surface area contributed by atoms with Gasteiger partial charge in [0, 0.05) is 18.3 Å². The van der Waals surface area contributed by atoms with Crippen LogP contribution in [0.4, 0.5) is 10.1 Å². The van der Waals surface area contributed by atoms with E-state index in [-0.39, 0.29) is 24.4 Å².